The molecule has 2 aromatic heterocycles. The molecule has 1 aliphatic carbocycles. The van der Waals surface area contributed by atoms with Gasteiger partial charge in [0, 0.05) is 31.6 Å². The second-order valence-corrected chi connectivity index (χ2v) is 6.14. The van der Waals surface area contributed by atoms with Crippen molar-refractivity contribution in [2.75, 3.05) is 5.32 Å². The molecule has 6 heteroatoms. The molecule has 1 aromatic carbocycles. The second kappa shape index (κ2) is 5.63. The van der Waals surface area contributed by atoms with Crippen molar-refractivity contribution >= 4 is 11.6 Å². The number of hydrogen-bond acceptors (Lipinski definition) is 2. The number of halogens is 1. The van der Waals surface area contributed by atoms with E-state index < -0.39 is 0 Å². The van der Waals surface area contributed by atoms with Gasteiger partial charge in [-0.1, -0.05) is 0 Å². The molecular weight excluding hydrogens is 307 g/mol. The van der Waals surface area contributed by atoms with Crippen LogP contribution in [-0.4, -0.2) is 20.3 Å². The minimum absolute atomic E-state index is 0.0381. The average molecular weight is 324 g/mol. The number of nitrogens with one attached hydrogen (secondary N) is 1. The van der Waals surface area contributed by atoms with Crippen LogP contribution in [0.1, 0.15) is 17.9 Å². The quantitative estimate of drug-likeness (QED) is 0.802. The van der Waals surface area contributed by atoms with Gasteiger partial charge < -0.3 is 9.88 Å². The molecule has 1 saturated carbocycles. The topological polar surface area (TPSA) is 51.9 Å². The molecule has 1 aliphatic rings. The van der Waals surface area contributed by atoms with Gasteiger partial charge in [-0.3, -0.25) is 9.48 Å². The minimum atomic E-state index is -0.337. The van der Waals surface area contributed by atoms with E-state index in [1.807, 2.05) is 37.8 Å². The normalized spacial score (nSPS) is 19.2. The van der Waals surface area contributed by atoms with Gasteiger partial charge >= 0.3 is 0 Å². The molecule has 4 rings (SSSR count). The summed E-state index contributed by atoms with van der Waals surface area (Å²) in [5.74, 6) is -0.217. The average Bonchev–Trinajstić information content (AvgIpc) is 2.96. The first-order chi connectivity index (χ1) is 11.6. The molecule has 0 saturated heterocycles. The van der Waals surface area contributed by atoms with Crippen LogP contribution in [0.4, 0.5) is 10.1 Å². The Kier molecular flexibility index (Phi) is 3.45. The molecule has 122 valence electrons. The molecule has 2 atom stereocenters. The van der Waals surface area contributed by atoms with Gasteiger partial charge in [-0.05, 0) is 48.2 Å². The van der Waals surface area contributed by atoms with Gasteiger partial charge in [0.1, 0.15) is 5.82 Å². The van der Waals surface area contributed by atoms with Crippen LogP contribution in [0.2, 0.25) is 0 Å². The van der Waals surface area contributed by atoms with Crippen LogP contribution in [0.25, 0.3) is 5.69 Å². The summed E-state index contributed by atoms with van der Waals surface area (Å²) < 4.78 is 17.1. The van der Waals surface area contributed by atoms with Crippen LogP contribution in [0, 0.1) is 11.7 Å². The fourth-order valence-electron chi connectivity index (χ4n) is 3.03. The van der Waals surface area contributed by atoms with Gasteiger partial charge in [0.15, 0.2) is 0 Å². The van der Waals surface area contributed by atoms with Crippen molar-refractivity contribution in [1.29, 1.82) is 0 Å². The van der Waals surface area contributed by atoms with E-state index in [2.05, 4.69) is 10.4 Å². The minimum Gasteiger partial charge on any atom is -0.324 e. The predicted molar refractivity (Wildman–Crippen MR) is 88.4 cm³/mol. The summed E-state index contributed by atoms with van der Waals surface area (Å²) in [6, 6.07) is 8.09. The van der Waals surface area contributed by atoms with Gasteiger partial charge in [0.2, 0.25) is 5.91 Å². The van der Waals surface area contributed by atoms with E-state index in [-0.39, 0.29) is 23.6 Å². The van der Waals surface area contributed by atoms with Crippen LogP contribution in [0.3, 0.4) is 0 Å². The standard InChI is InChI=1S/C18H17FN4O/c1-22-11-12(10-20-22)14-9-15(14)18(24)21-16-5-4-13(19)8-17(16)23-6-2-3-7-23/h2-8,10-11,14-15H,9H2,1H3,(H,21,24)/t14-,15+/m0/s1. The molecule has 24 heavy (non-hydrogen) atoms. The Balaban J connectivity index is 1.53. The van der Waals surface area contributed by atoms with Crippen LogP contribution in [-0.2, 0) is 11.8 Å². The largest absolute Gasteiger partial charge is 0.324 e. The highest BCUT2D eigenvalue weighted by Gasteiger charge is 2.44. The molecule has 0 unspecified atom stereocenters. The molecule has 1 amide bonds. The third-order valence-electron chi connectivity index (χ3n) is 4.38. The number of nitrogens with zero attached hydrogens (tertiary/aromatic N) is 3. The number of aryl methyl sites for hydroxylation is 1. The van der Waals surface area contributed by atoms with Crippen molar-refractivity contribution in [2.24, 2.45) is 13.0 Å². The summed E-state index contributed by atoms with van der Waals surface area (Å²) >= 11 is 0. The number of rotatable bonds is 4. The van der Waals surface area contributed by atoms with Crippen LogP contribution >= 0.6 is 0 Å². The number of benzene rings is 1. The number of carbonyl (C=O) groups is 1. The van der Waals surface area contributed by atoms with Crippen LogP contribution in [0.15, 0.2) is 55.1 Å². The molecule has 0 aliphatic heterocycles. The monoisotopic (exact) mass is 324 g/mol. The molecule has 1 N–H and O–H groups in total. The lowest BCUT2D eigenvalue weighted by molar-refractivity contribution is -0.117. The molecule has 5 nitrogen and oxygen atoms in total. The van der Waals surface area contributed by atoms with Crippen LogP contribution in [0.5, 0.6) is 0 Å². The lowest BCUT2D eigenvalue weighted by Gasteiger charge is -2.12. The van der Waals surface area contributed by atoms with E-state index in [4.69, 9.17) is 0 Å². The van der Waals surface area contributed by atoms with E-state index in [9.17, 15) is 9.18 Å². The number of carbonyl (C=O) groups excluding carboxylic acids is 1. The Hall–Kier alpha value is -2.89. The summed E-state index contributed by atoms with van der Waals surface area (Å²) in [5, 5.41) is 7.09. The van der Waals surface area contributed by atoms with Crippen molar-refractivity contribution in [3.63, 3.8) is 0 Å². The van der Waals surface area contributed by atoms with E-state index in [0.717, 1.165) is 12.0 Å². The fourth-order valence-corrected chi connectivity index (χ4v) is 3.03. The smallest absolute Gasteiger partial charge is 0.228 e. The van der Waals surface area contributed by atoms with Gasteiger partial charge in [-0.2, -0.15) is 5.10 Å². The third-order valence-corrected chi connectivity index (χ3v) is 4.38. The molecule has 2 heterocycles. The van der Waals surface area contributed by atoms with Crippen molar-refractivity contribution in [1.82, 2.24) is 14.3 Å². The third kappa shape index (κ3) is 2.71. The fraction of sp³-hybridized carbons (Fsp3) is 0.222. The van der Waals surface area contributed by atoms with Crippen molar-refractivity contribution < 1.29 is 9.18 Å². The van der Waals surface area contributed by atoms with Gasteiger partial charge in [0.25, 0.3) is 0 Å². The van der Waals surface area contributed by atoms with Crippen molar-refractivity contribution in [3.8, 4) is 5.69 Å². The zero-order valence-corrected chi connectivity index (χ0v) is 13.2. The Morgan fingerprint density at radius 2 is 2.12 bits per heavy atom. The first kappa shape index (κ1) is 14.7. The van der Waals surface area contributed by atoms with Gasteiger partial charge in [0.05, 0.1) is 17.6 Å². The van der Waals surface area contributed by atoms with Gasteiger partial charge in [-0.25, -0.2) is 4.39 Å². The number of aromatic nitrogens is 3. The Labute approximate surface area is 138 Å². The molecule has 0 bridgehead atoms. The maximum absolute atomic E-state index is 13.6. The summed E-state index contributed by atoms with van der Waals surface area (Å²) in [5.41, 5.74) is 2.31. The summed E-state index contributed by atoms with van der Waals surface area (Å²) in [6.07, 6.45) is 8.21. The van der Waals surface area contributed by atoms with Crippen LogP contribution < -0.4 is 5.32 Å². The number of anilines is 1. The van der Waals surface area contributed by atoms with Gasteiger partial charge in [-0.15, -0.1) is 0 Å². The summed E-state index contributed by atoms with van der Waals surface area (Å²) in [4.78, 5) is 12.5. The highest BCUT2D eigenvalue weighted by molar-refractivity contribution is 5.96. The van der Waals surface area contributed by atoms with E-state index in [1.54, 1.807) is 21.5 Å². The van der Waals surface area contributed by atoms with E-state index in [1.165, 1.54) is 12.1 Å². The lowest BCUT2D eigenvalue weighted by atomic mass is 10.2. The summed E-state index contributed by atoms with van der Waals surface area (Å²) in [6.45, 7) is 0. The van der Waals surface area contributed by atoms with E-state index in [0.29, 0.717) is 11.4 Å². The first-order valence-corrected chi connectivity index (χ1v) is 7.84. The van der Waals surface area contributed by atoms with Crippen molar-refractivity contribution in [3.05, 3.63) is 66.5 Å². The van der Waals surface area contributed by atoms with E-state index >= 15 is 0 Å². The number of hydrogen-bond donors (Lipinski definition) is 1. The first-order valence-electron chi connectivity index (χ1n) is 7.84. The lowest BCUT2D eigenvalue weighted by Crippen LogP contribution is -2.16. The maximum Gasteiger partial charge on any atom is 0.228 e. The maximum atomic E-state index is 13.6. The highest BCUT2D eigenvalue weighted by atomic mass is 19.1. The molecular formula is C18H17FN4O. The zero-order valence-electron chi connectivity index (χ0n) is 13.2. The molecule has 1 fully saturated rings. The molecule has 3 aromatic rings. The number of amides is 1. The summed E-state index contributed by atoms with van der Waals surface area (Å²) in [7, 11) is 1.86. The Morgan fingerprint density at radius 3 is 2.83 bits per heavy atom. The molecule has 0 radical (unpaired) electrons. The second-order valence-electron chi connectivity index (χ2n) is 6.14. The predicted octanol–water partition coefficient (Wildman–Crippen LogP) is 3.09. The van der Waals surface area contributed by atoms with Crippen molar-refractivity contribution in [2.45, 2.75) is 12.3 Å². The zero-order chi connectivity index (χ0) is 16.7. The molecule has 0 spiro atoms. The Morgan fingerprint density at radius 1 is 1.33 bits per heavy atom. The Bertz CT molecular complexity index is 884. The SMILES string of the molecule is Cn1cc([C@@H]2C[C@H]2C(=O)Nc2ccc(F)cc2-n2cccc2)cn1. The highest BCUT2D eigenvalue weighted by Crippen LogP contribution is 2.48.